The second kappa shape index (κ2) is 7.76. The average Bonchev–Trinajstić information content (AvgIpc) is 3.10. The van der Waals surface area contributed by atoms with Crippen molar-refractivity contribution in [2.75, 3.05) is 23.3 Å². The van der Waals surface area contributed by atoms with Crippen molar-refractivity contribution in [3.8, 4) is 6.07 Å². The van der Waals surface area contributed by atoms with E-state index in [0.717, 1.165) is 12.0 Å². The maximum atomic E-state index is 12.3. The topological polar surface area (TPSA) is 98.1 Å². The van der Waals surface area contributed by atoms with E-state index in [-0.39, 0.29) is 18.4 Å². The molecule has 2 aromatic rings. The molecule has 1 aromatic carbocycles. The van der Waals surface area contributed by atoms with Crippen molar-refractivity contribution in [3.05, 3.63) is 40.9 Å². The number of urea groups is 1. The molecule has 8 heteroatoms. The molecular weight excluding hydrogens is 362 g/mol. The standard InChI is InChI=1S/C19H21N5O2S/c1-19(2,12-20)13-4-6-14(7-5-13)22-16(25)10-15-11-27-18(23-15)24-9-3-8-21-17(24)26/h4-7,11H,3,8-10H2,1-2H3,(H,21,26)(H,22,25). The number of hydrogen-bond donors (Lipinski definition) is 2. The van der Waals surface area contributed by atoms with E-state index in [0.29, 0.717) is 29.6 Å². The Bertz CT molecular complexity index is 882. The molecule has 2 heterocycles. The molecule has 1 saturated heterocycles. The molecule has 1 aliphatic heterocycles. The molecule has 3 rings (SSSR count). The van der Waals surface area contributed by atoms with Crippen LogP contribution in [-0.2, 0) is 16.6 Å². The quantitative estimate of drug-likeness (QED) is 0.829. The number of carbonyl (C=O) groups is 2. The second-order valence-electron chi connectivity index (χ2n) is 6.90. The number of benzene rings is 1. The van der Waals surface area contributed by atoms with Crippen LogP contribution in [0.5, 0.6) is 0 Å². The molecule has 2 N–H and O–H groups in total. The number of carbonyl (C=O) groups excluding carboxylic acids is 2. The summed E-state index contributed by atoms with van der Waals surface area (Å²) >= 11 is 1.36. The van der Waals surface area contributed by atoms with E-state index in [1.54, 1.807) is 22.4 Å². The first kappa shape index (κ1) is 18.9. The molecule has 0 spiro atoms. The van der Waals surface area contributed by atoms with Crippen molar-refractivity contribution in [3.63, 3.8) is 0 Å². The molecule has 0 bridgehead atoms. The van der Waals surface area contributed by atoms with Gasteiger partial charge in [-0.3, -0.25) is 9.69 Å². The Labute approximate surface area is 162 Å². The smallest absolute Gasteiger partial charge is 0.323 e. The van der Waals surface area contributed by atoms with E-state index in [4.69, 9.17) is 0 Å². The largest absolute Gasteiger partial charge is 0.338 e. The van der Waals surface area contributed by atoms with Crippen molar-refractivity contribution >= 4 is 34.1 Å². The minimum Gasteiger partial charge on any atom is -0.338 e. The van der Waals surface area contributed by atoms with Crippen LogP contribution in [0, 0.1) is 11.3 Å². The first-order valence-electron chi connectivity index (χ1n) is 8.70. The second-order valence-corrected chi connectivity index (χ2v) is 7.73. The summed E-state index contributed by atoms with van der Waals surface area (Å²) < 4.78 is 0. The Morgan fingerprint density at radius 2 is 2.15 bits per heavy atom. The summed E-state index contributed by atoms with van der Waals surface area (Å²) in [6, 6.07) is 9.37. The van der Waals surface area contributed by atoms with Crippen LogP contribution < -0.4 is 15.5 Å². The van der Waals surface area contributed by atoms with Crippen LogP contribution in [0.2, 0.25) is 0 Å². The molecular formula is C19H21N5O2S. The normalized spacial score (nSPS) is 14.4. The average molecular weight is 383 g/mol. The third kappa shape index (κ3) is 4.44. The molecule has 1 aliphatic rings. The lowest BCUT2D eigenvalue weighted by Gasteiger charge is -2.24. The van der Waals surface area contributed by atoms with E-state index in [1.807, 2.05) is 26.0 Å². The summed E-state index contributed by atoms with van der Waals surface area (Å²) in [5.74, 6) is -0.178. The molecule has 0 atom stereocenters. The van der Waals surface area contributed by atoms with Crippen molar-refractivity contribution in [2.45, 2.75) is 32.1 Å². The van der Waals surface area contributed by atoms with Gasteiger partial charge in [0.1, 0.15) is 0 Å². The van der Waals surface area contributed by atoms with Crippen LogP contribution in [0.4, 0.5) is 15.6 Å². The van der Waals surface area contributed by atoms with Crippen LogP contribution >= 0.6 is 11.3 Å². The van der Waals surface area contributed by atoms with Gasteiger partial charge in [0.2, 0.25) is 5.91 Å². The van der Waals surface area contributed by atoms with Crippen LogP contribution in [0.1, 0.15) is 31.5 Å². The molecule has 3 amide bonds. The summed E-state index contributed by atoms with van der Waals surface area (Å²) in [6.45, 7) is 5.02. The SMILES string of the molecule is CC(C)(C#N)c1ccc(NC(=O)Cc2csc(N3CCCNC3=O)n2)cc1. The van der Waals surface area contributed by atoms with Crippen LogP contribution in [0.25, 0.3) is 0 Å². The molecule has 0 saturated carbocycles. The molecule has 1 fully saturated rings. The molecule has 0 radical (unpaired) electrons. The summed E-state index contributed by atoms with van der Waals surface area (Å²) in [6.07, 6.45) is 1.01. The van der Waals surface area contributed by atoms with Crippen molar-refractivity contribution in [1.29, 1.82) is 5.26 Å². The van der Waals surface area contributed by atoms with Crippen molar-refractivity contribution in [1.82, 2.24) is 10.3 Å². The number of nitriles is 1. The number of anilines is 2. The number of aromatic nitrogens is 1. The highest BCUT2D eigenvalue weighted by Crippen LogP contribution is 2.24. The van der Waals surface area contributed by atoms with Gasteiger partial charge < -0.3 is 10.6 Å². The number of thiazole rings is 1. The van der Waals surface area contributed by atoms with Crippen molar-refractivity contribution < 1.29 is 9.59 Å². The third-order valence-corrected chi connectivity index (χ3v) is 5.27. The highest BCUT2D eigenvalue weighted by atomic mass is 32.1. The fraction of sp³-hybridized carbons (Fsp3) is 0.368. The lowest BCUT2D eigenvalue weighted by molar-refractivity contribution is -0.115. The molecule has 140 valence electrons. The molecule has 1 aromatic heterocycles. The van der Waals surface area contributed by atoms with Gasteiger partial charge in [0.15, 0.2) is 5.13 Å². The lowest BCUT2D eigenvalue weighted by Crippen LogP contribution is -2.46. The lowest BCUT2D eigenvalue weighted by atomic mass is 9.86. The Morgan fingerprint density at radius 3 is 2.81 bits per heavy atom. The van der Waals surface area contributed by atoms with E-state index < -0.39 is 5.41 Å². The maximum absolute atomic E-state index is 12.3. The monoisotopic (exact) mass is 383 g/mol. The minimum atomic E-state index is -0.569. The number of nitrogens with one attached hydrogen (secondary N) is 2. The Morgan fingerprint density at radius 1 is 1.41 bits per heavy atom. The van der Waals surface area contributed by atoms with Crippen molar-refractivity contribution in [2.24, 2.45) is 0 Å². The number of nitrogens with zero attached hydrogens (tertiary/aromatic N) is 3. The number of rotatable bonds is 5. The van der Waals surface area contributed by atoms with E-state index in [1.165, 1.54) is 11.3 Å². The van der Waals surface area contributed by atoms with Crippen LogP contribution in [0.3, 0.4) is 0 Å². The molecule has 7 nitrogen and oxygen atoms in total. The van der Waals surface area contributed by atoms with Gasteiger partial charge in [-0.2, -0.15) is 5.26 Å². The zero-order valence-corrected chi connectivity index (χ0v) is 16.1. The molecule has 27 heavy (non-hydrogen) atoms. The Balaban J connectivity index is 1.60. The van der Waals surface area contributed by atoms with Gasteiger partial charge in [-0.25, -0.2) is 9.78 Å². The Hall–Kier alpha value is -2.92. The summed E-state index contributed by atoms with van der Waals surface area (Å²) in [5, 5.41) is 17.2. The molecule has 0 aliphatic carbocycles. The van der Waals surface area contributed by atoms with Crippen LogP contribution in [0.15, 0.2) is 29.6 Å². The number of amides is 3. The highest BCUT2D eigenvalue weighted by Gasteiger charge is 2.22. The first-order valence-corrected chi connectivity index (χ1v) is 9.58. The van der Waals surface area contributed by atoms with Gasteiger partial charge in [-0.05, 0) is 38.0 Å². The van der Waals surface area contributed by atoms with Gasteiger partial charge in [0.25, 0.3) is 0 Å². The van der Waals surface area contributed by atoms with Gasteiger partial charge in [-0.15, -0.1) is 11.3 Å². The third-order valence-electron chi connectivity index (χ3n) is 4.36. The van der Waals surface area contributed by atoms with E-state index >= 15 is 0 Å². The van der Waals surface area contributed by atoms with Gasteiger partial charge in [0.05, 0.1) is 23.6 Å². The summed E-state index contributed by atoms with van der Waals surface area (Å²) in [5.41, 5.74) is 1.63. The maximum Gasteiger partial charge on any atom is 0.323 e. The first-order chi connectivity index (χ1) is 12.9. The summed E-state index contributed by atoms with van der Waals surface area (Å²) in [7, 11) is 0. The molecule has 0 unspecified atom stereocenters. The predicted molar refractivity (Wildman–Crippen MR) is 105 cm³/mol. The zero-order valence-electron chi connectivity index (χ0n) is 15.3. The van der Waals surface area contributed by atoms with E-state index in [2.05, 4.69) is 21.7 Å². The highest BCUT2D eigenvalue weighted by molar-refractivity contribution is 7.14. The Kier molecular flexibility index (Phi) is 5.42. The van der Waals surface area contributed by atoms with Gasteiger partial charge in [0, 0.05) is 24.2 Å². The van der Waals surface area contributed by atoms with Gasteiger partial charge in [-0.1, -0.05) is 12.1 Å². The van der Waals surface area contributed by atoms with E-state index in [9.17, 15) is 14.9 Å². The fourth-order valence-electron chi connectivity index (χ4n) is 2.72. The summed E-state index contributed by atoms with van der Waals surface area (Å²) in [4.78, 5) is 30.2. The fourth-order valence-corrected chi connectivity index (χ4v) is 3.57. The van der Waals surface area contributed by atoms with Gasteiger partial charge >= 0.3 is 6.03 Å². The zero-order chi connectivity index (χ0) is 19.4. The van der Waals surface area contributed by atoms with Crippen LogP contribution in [-0.4, -0.2) is 30.0 Å². The predicted octanol–water partition coefficient (Wildman–Crippen LogP) is 3.05. The minimum absolute atomic E-state index is 0.136. The number of hydrogen-bond acceptors (Lipinski definition) is 5.